The van der Waals surface area contributed by atoms with Gasteiger partial charge in [0.2, 0.25) is 0 Å². The van der Waals surface area contributed by atoms with Crippen LogP contribution < -0.4 is 5.32 Å². The third-order valence-electron chi connectivity index (χ3n) is 3.33. The molecule has 2 aromatic carbocycles. The lowest BCUT2D eigenvalue weighted by Crippen LogP contribution is -2.40. The number of aliphatic carboxylic acids is 1. The van der Waals surface area contributed by atoms with Gasteiger partial charge in [-0.1, -0.05) is 47.5 Å². The van der Waals surface area contributed by atoms with Gasteiger partial charge >= 0.3 is 5.97 Å². The predicted molar refractivity (Wildman–Crippen MR) is 86.3 cm³/mol. The third kappa shape index (κ3) is 3.14. The number of rotatable bonds is 4. The van der Waals surface area contributed by atoms with Gasteiger partial charge in [-0.05, 0) is 37.6 Å². The molecular weight excluding hydrogens is 309 g/mol. The fraction of sp³-hybridized carbons (Fsp3) is 0.188. The van der Waals surface area contributed by atoms with Gasteiger partial charge in [0.1, 0.15) is 0 Å². The molecule has 21 heavy (non-hydrogen) atoms. The molecule has 1 atom stereocenters. The van der Waals surface area contributed by atoms with Crippen molar-refractivity contribution in [1.82, 2.24) is 0 Å². The molecule has 0 saturated carbocycles. The molecule has 3 nitrogen and oxygen atoms in total. The first-order valence-corrected chi connectivity index (χ1v) is 7.13. The molecule has 0 heterocycles. The Balaban J connectivity index is 2.51. The summed E-state index contributed by atoms with van der Waals surface area (Å²) in [5.74, 6) is -1.03. The van der Waals surface area contributed by atoms with Gasteiger partial charge in [0, 0.05) is 11.3 Å². The summed E-state index contributed by atoms with van der Waals surface area (Å²) >= 11 is 12.2. The van der Waals surface area contributed by atoms with Crippen LogP contribution in [0.5, 0.6) is 0 Å². The molecule has 0 spiro atoms. The summed E-state index contributed by atoms with van der Waals surface area (Å²) in [4.78, 5) is 11.8. The number of nitrogens with one attached hydrogen (secondary N) is 1. The van der Waals surface area contributed by atoms with E-state index in [9.17, 15) is 9.90 Å². The average molecular weight is 324 g/mol. The van der Waals surface area contributed by atoms with Gasteiger partial charge in [-0.15, -0.1) is 0 Å². The molecule has 0 saturated heterocycles. The second-order valence-electron chi connectivity index (χ2n) is 5.03. The highest BCUT2D eigenvalue weighted by Gasteiger charge is 2.37. The van der Waals surface area contributed by atoms with E-state index in [2.05, 4.69) is 5.32 Å². The maximum absolute atomic E-state index is 11.8. The van der Waals surface area contributed by atoms with E-state index in [1.54, 1.807) is 25.1 Å². The molecule has 0 aliphatic carbocycles. The SMILES string of the molecule is Cc1cccc(NC(C)(C(=O)O)c2cccc(Cl)c2Cl)c1. The van der Waals surface area contributed by atoms with Crippen molar-refractivity contribution in [2.45, 2.75) is 19.4 Å². The van der Waals surface area contributed by atoms with Crippen molar-refractivity contribution in [3.8, 4) is 0 Å². The molecule has 0 aromatic heterocycles. The number of halogens is 2. The van der Waals surface area contributed by atoms with E-state index in [0.717, 1.165) is 5.56 Å². The van der Waals surface area contributed by atoms with Crippen LogP contribution in [-0.4, -0.2) is 11.1 Å². The molecule has 0 amide bonds. The molecule has 0 radical (unpaired) electrons. The van der Waals surface area contributed by atoms with E-state index in [1.165, 1.54) is 0 Å². The largest absolute Gasteiger partial charge is 0.479 e. The van der Waals surface area contributed by atoms with Gasteiger partial charge in [0.15, 0.2) is 5.54 Å². The number of carboxylic acids is 1. The molecule has 2 rings (SSSR count). The molecule has 1 unspecified atom stereocenters. The monoisotopic (exact) mass is 323 g/mol. The molecule has 0 aliphatic rings. The molecular formula is C16H15Cl2NO2. The highest BCUT2D eigenvalue weighted by atomic mass is 35.5. The maximum atomic E-state index is 11.8. The highest BCUT2D eigenvalue weighted by Crippen LogP contribution is 2.35. The van der Waals surface area contributed by atoms with Crippen LogP contribution in [0.25, 0.3) is 0 Å². The van der Waals surface area contributed by atoms with E-state index in [-0.39, 0.29) is 5.02 Å². The van der Waals surface area contributed by atoms with E-state index in [1.807, 2.05) is 31.2 Å². The summed E-state index contributed by atoms with van der Waals surface area (Å²) in [5, 5.41) is 13.3. The number of aryl methyl sites for hydroxylation is 1. The molecule has 110 valence electrons. The second kappa shape index (κ2) is 5.96. The van der Waals surface area contributed by atoms with Crippen LogP contribution in [0, 0.1) is 6.92 Å². The first kappa shape index (κ1) is 15.7. The molecule has 2 N–H and O–H groups in total. The number of benzene rings is 2. The number of anilines is 1. The molecule has 2 aromatic rings. The van der Waals surface area contributed by atoms with Crippen molar-refractivity contribution in [3.05, 3.63) is 63.6 Å². The summed E-state index contributed by atoms with van der Waals surface area (Å²) in [5.41, 5.74) is 0.780. The van der Waals surface area contributed by atoms with Gasteiger partial charge in [0.25, 0.3) is 0 Å². The summed E-state index contributed by atoms with van der Waals surface area (Å²) in [7, 11) is 0. The maximum Gasteiger partial charge on any atom is 0.333 e. The second-order valence-corrected chi connectivity index (χ2v) is 5.81. The van der Waals surface area contributed by atoms with Crippen LogP contribution >= 0.6 is 23.2 Å². The number of carboxylic acid groups (broad SMARTS) is 1. The lowest BCUT2D eigenvalue weighted by atomic mass is 9.91. The van der Waals surface area contributed by atoms with Gasteiger partial charge in [-0.25, -0.2) is 4.79 Å². The Morgan fingerprint density at radius 1 is 1.19 bits per heavy atom. The Hall–Kier alpha value is -1.71. The van der Waals surface area contributed by atoms with Gasteiger partial charge < -0.3 is 10.4 Å². The number of hydrogen-bond acceptors (Lipinski definition) is 2. The van der Waals surface area contributed by atoms with Crippen molar-refractivity contribution in [2.75, 3.05) is 5.32 Å². The Bertz CT molecular complexity index is 688. The lowest BCUT2D eigenvalue weighted by molar-refractivity contribution is -0.142. The Labute approximate surface area is 133 Å². The molecule has 0 aliphatic heterocycles. The van der Waals surface area contributed by atoms with Crippen molar-refractivity contribution >= 4 is 34.9 Å². The smallest absolute Gasteiger partial charge is 0.333 e. The first-order chi connectivity index (χ1) is 9.84. The topological polar surface area (TPSA) is 49.3 Å². The van der Waals surface area contributed by atoms with Gasteiger partial charge in [-0.2, -0.15) is 0 Å². The number of carbonyl (C=O) groups is 1. The van der Waals surface area contributed by atoms with Crippen LogP contribution in [0.4, 0.5) is 5.69 Å². The van der Waals surface area contributed by atoms with Crippen LogP contribution in [0.2, 0.25) is 10.0 Å². The van der Waals surface area contributed by atoms with Gasteiger partial charge in [-0.3, -0.25) is 0 Å². The molecule has 5 heteroatoms. The fourth-order valence-corrected chi connectivity index (χ4v) is 2.63. The van der Waals surface area contributed by atoms with E-state index < -0.39 is 11.5 Å². The van der Waals surface area contributed by atoms with Crippen molar-refractivity contribution in [3.63, 3.8) is 0 Å². The van der Waals surface area contributed by atoms with E-state index >= 15 is 0 Å². The van der Waals surface area contributed by atoms with E-state index in [4.69, 9.17) is 23.2 Å². The lowest BCUT2D eigenvalue weighted by Gasteiger charge is -2.29. The zero-order valence-corrected chi connectivity index (χ0v) is 13.2. The zero-order valence-electron chi connectivity index (χ0n) is 11.7. The van der Waals surface area contributed by atoms with Crippen molar-refractivity contribution < 1.29 is 9.90 Å². The minimum absolute atomic E-state index is 0.240. The molecule has 0 fully saturated rings. The summed E-state index contributed by atoms with van der Waals surface area (Å²) in [6.07, 6.45) is 0. The van der Waals surface area contributed by atoms with E-state index in [0.29, 0.717) is 16.3 Å². The Morgan fingerprint density at radius 3 is 2.48 bits per heavy atom. The third-order valence-corrected chi connectivity index (χ3v) is 4.15. The Morgan fingerprint density at radius 2 is 1.86 bits per heavy atom. The Kier molecular flexibility index (Phi) is 4.45. The normalized spacial score (nSPS) is 13.5. The van der Waals surface area contributed by atoms with Crippen LogP contribution in [0.3, 0.4) is 0 Å². The van der Waals surface area contributed by atoms with Gasteiger partial charge in [0.05, 0.1) is 10.0 Å². The van der Waals surface area contributed by atoms with Crippen molar-refractivity contribution in [2.24, 2.45) is 0 Å². The summed E-state index contributed by atoms with van der Waals surface area (Å²) < 4.78 is 0. The minimum atomic E-state index is -1.38. The quantitative estimate of drug-likeness (QED) is 0.856. The summed E-state index contributed by atoms with van der Waals surface area (Å²) in [6, 6.07) is 12.5. The minimum Gasteiger partial charge on any atom is -0.479 e. The molecule has 0 bridgehead atoms. The standard InChI is InChI=1S/C16H15Cl2NO2/c1-10-5-3-6-11(9-10)19-16(2,15(20)21)12-7-4-8-13(17)14(12)18/h3-9,19H,1-2H3,(H,20,21). The summed E-state index contributed by atoms with van der Waals surface area (Å²) in [6.45, 7) is 3.50. The van der Waals surface area contributed by atoms with Crippen LogP contribution in [0.1, 0.15) is 18.1 Å². The van der Waals surface area contributed by atoms with Crippen LogP contribution in [-0.2, 0) is 10.3 Å². The predicted octanol–water partition coefficient (Wildman–Crippen LogP) is 4.71. The highest BCUT2D eigenvalue weighted by molar-refractivity contribution is 6.42. The fourth-order valence-electron chi connectivity index (χ4n) is 2.14. The average Bonchev–Trinajstić information content (AvgIpc) is 2.41. The number of hydrogen-bond donors (Lipinski definition) is 2. The van der Waals surface area contributed by atoms with Crippen LogP contribution in [0.15, 0.2) is 42.5 Å². The first-order valence-electron chi connectivity index (χ1n) is 6.37. The van der Waals surface area contributed by atoms with Crippen molar-refractivity contribution in [1.29, 1.82) is 0 Å². The zero-order chi connectivity index (χ0) is 15.6.